The Balaban J connectivity index is 0.00000211. The molecule has 22 heavy (non-hydrogen) atoms. The minimum Gasteiger partial charge on any atom is -0.459 e. The average Bonchev–Trinajstić information content (AvgIpc) is 2.46. The lowest BCUT2D eigenvalue weighted by atomic mass is 10.4. The second kappa shape index (κ2) is 9.91. The summed E-state index contributed by atoms with van der Waals surface area (Å²) in [6.07, 6.45) is 0.530. The number of ether oxygens (including phenoxy) is 2. The van der Waals surface area contributed by atoms with Crippen LogP contribution in [0.5, 0.6) is 6.01 Å². The van der Waals surface area contributed by atoms with Crippen molar-refractivity contribution in [2.24, 2.45) is 0 Å². The molecule has 0 aromatic carbocycles. The third-order valence-corrected chi connectivity index (χ3v) is 1.90. The molecule has 0 saturated carbocycles. The van der Waals surface area contributed by atoms with Crippen molar-refractivity contribution in [3.8, 4) is 6.01 Å². The SMILES string of the molecule is C=CCOc1nc(N)c([N+](=O)[O-])c(NC(=O)OCC)n1.CC. The Kier molecular flexibility index (Phi) is 8.60. The minimum absolute atomic E-state index is 0.0795. The van der Waals surface area contributed by atoms with Crippen LogP contribution in [-0.4, -0.2) is 34.2 Å². The number of anilines is 2. The number of nitrogens with two attached hydrogens (primary N) is 1. The average molecular weight is 313 g/mol. The Morgan fingerprint density at radius 3 is 2.64 bits per heavy atom. The quantitative estimate of drug-likeness (QED) is 0.462. The minimum atomic E-state index is -0.900. The molecule has 0 atom stereocenters. The molecule has 1 amide bonds. The number of carbonyl (C=O) groups excluding carboxylic acids is 1. The third-order valence-electron chi connectivity index (χ3n) is 1.90. The third kappa shape index (κ3) is 5.61. The first-order valence-electron chi connectivity index (χ1n) is 6.49. The maximum absolute atomic E-state index is 11.3. The summed E-state index contributed by atoms with van der Waals surface area (Å²) in [5.41, 5.74) is 4.82. The van der Waals surface area contributed by atoms with Gasteiger partial charge in [0.2, 0.25) is 11.6 Å². The zero-order valence-corrected chi connectivity index (χ0v) is 12.7. The second-order valence-electron chi connectivity index (χ2n) is 3.29. The predicted molar refractivity (Wildman–Crippen MR) is 80.8 cm³/mol. The summed E-state index contributed by atoms with van der Waals surface area (Å²) in [7, 11) is 0. The van der Waals surface area contributed by atoms with E-state index in [9.17, 15) is 14.9 Å². The number of carbonyl (C=O) groups is 1. The standard InChI is InChI=1S/C10H13N5O5.C2H6/c1-3-5-20-9-12-7(11)6(15(17)18)8(13-9)14-10(16)19-4-2;1-2/h3H,1,4-5H2,2H3,(H3,11,12,13,14,16);1-2H3. The topological polar surface area (TPSA) is 142 Å². The predicted octanol–water partition coefficient (Wildman–Crippen LogP) is 2.13. The van der Waals surface area contributed by atoms with Gasteiger partial charge in [0, 0.05) is 0 Å². The van der Waals surface area contributed by atoms with E-state index < -0.39 is 28.3 Å². The van der Waals surface area contributed by atoms with E-state index in [2.05, 4.69) is 26.6 Å². The molecule has 0 saturated heterocycles. The highest BCUT2D eigenvalue weighted by molar-refractivity contribution is 5.88. The molecule has 1 heterocycles. The zero-order valence-electron chi connectivity index (χ0n) is 12.7. The van der Waals surface area contributed by atoms with Crippen LogP contribution in [0.4, 0.5) is 22.1 Å². The van der Waals surface area contributed by atoms with Crippen molar-refractivity contribution in [3.63, 3.8) is 0 Å². The number of amides is 1. The first-order valence-corrected chi connectivity index (χ1v) is 6.49. The largest absolute Gasteiger partial charge is 0.459 e. The number of aromatic nitrogens is 2. The highest BCUT2D eigenvalue weighted by Gasteiger charge is 2.25. The highest BCUT2D eigenvalue weighted by Crippen LogP contribution is 2.29. The smallest absolute Gasteiger partial charge is 0.412 e. The number of nitro groups is 1. The molecule has 0 bridgehead atoms. The van der Waals surface area contributed by atoms with Crippen LogP contribution in [0.3, 0.4) is 0 Å². The van der Waals surface area contributed by atoms with Crippen LogP contribution >= 0.6 is 0 Å². The van der Waals surface area contributed by atoms with Crippen LogP contribution in [0, 0.1) is 10.1 Å². The normalized spacial score (nSPS) is 9.05. The zero-order chi connectivity index (χ0) is 17.1. The van der Waals surface area contributed by atoms with Gasteiger partial charge in [-0.05, 0) is 6.92 Å². The molecular weight excluding hydrogens is 294 g/mol. The fraction of sp³-hybridized carbons (Fsp3) is 0.417. The second-order valence-corrected chi connectivity index (χ2v) is 3.29. The van der Waals surface area contributed by atoms with Crippen molar-refractivity contribution < 1.29 is 19.2 Å². The molecule has 1 aromatic rings. The van der Waals surface area contributed by atoms with Crippen molar-refractivity contribution in [1.82, 2.24) is 9.97 Å². The molecule has 0 aliphatic carbocycles. The molecule has 0 fully saturated rings. The van der Waals surface area contributed by atoms with Crippen LogP contribution in [0.1, 0.15) is 20.8 Å². The van der Waals surface area contributed by atoms with E-state index in [0.29, 0.717) is 0 Å². The lowest BCUT2D eigenvalue weighted by Crippen LogP contribution is -2.17. The molecule has 3 N–H and O–H groups in total. The van der Waals surface area contributed by atoms with Gasteiger partial charge in [-0.25, -0.2) is 4.79 Å². The number of nitrogens with one attached hydrogen (secondary N) is 1. The molecule has 0 unspecified atom stereocenters. The summed E-state index contributed by atoms with van der Waals surface area (Å²) in [5.74, 6) is -0.837. The number of rotatable bonds is 6. The molecular formula is C12H19N5O5. The van der Waals surface area contributed by atoms with Gasteiger partial charge in [0.05, 0.1) is 11.5 Å². The van der Waals surface area contributed by atoms with Crippen molar-refractivity contribution in [1.29, 1.82) is 0 Å². The maximum atomic E-state index is 11.3. The van der Waals surface area contributed by atoms with Crippen LogP contribution in [0.15, 0.2) is 12.7 Å². The fourth-order valence-electron chi connectivity index (χ4n) is 1.18. The van der Waals surface area contributed by atoms with E-state index in [1.54, 1.807) is 6.92 Å². The number of nitrogens with zero attached hydrogens (tertiary/aromatic N) is 3. The van der Waals surface area contributed by atoms with Gasteiger partial charge in [0.25, 0.3) is 0 Å². The van der Waals surface area contributed by atoms with E-state index >= 15 is 0 Å². The summed E-state index contributed by atoms with van der Waals surface area (Å²) in [4.78, 5) is 28.7. The summed E-state index contributed by atoms with van der Waals surface area (Å²) < 4.78 is 9.63. The number of hydrogen-bond donors (Lipinski definition) is 2. The molecule has 0 aliphatic rings. The lowest BCUT2D eigenvalue weighted by Gasteiger charge is -2.08. The molecule has 1 rings (SSSR count). The van der Waals surface area contributed by atoms with E-state index in [1.165, 1.54) is 6.08 Å². The highest BCUT2D eigenvalue weighted by atomic mass is 16.6. The van der Waals surface area contributed by atoms with Crippen molar-refractivity contribution >= 4 is 23.4 Å². The molecule has 10 heteroatoms. The van der Waals surface area contributed by atoms with Crippen LogP contribution in [0.25, 0.3) is 0 Å². The van der Waals surface area contributed by atoms with Gasteiger partial charge in [-0.15, -0.1) is 0 Å². The van der Waals surface area contributed by atoms with Gasteiger partial charge >= 0.3 is 17.8 Å². The van der Waals surface area contributed by atoms with E-state index in [1.807, 2.05) is 13.8 Å². The van der Waals surface area contributed by atoms with Gasteiger partial charge in [-0.3, -0.25) is 15.4 Å². The molecule has 122 valence electrons. The van der Waals surface area contributed by atoms with E-state index in [4.69, 9.17) is 10.5 Å². The van der Waals surface area contributed by atoms with Crippen LogP contribution < -0.4 is 15.8 Å². The van der Waals surface area contributed by atoms with Crippen molar-refractivity contribution in [3.05, 3.63) is 22.8 Å². The lowest BCUT2D eigenvalue weighted by molar-refractivity contribution is -0.383. The van der Waals surface area contributed by atoms with Crippen LogP contribution in [0.2, 0.25) is 0 Å². The summed E-state index contributed by atoms with van der Waals surface area (Å²) in [6, 6.07) is -0.222. The Bertz CT molecular complexity index is 535. The molecule has 0 spiro atoms. The Morgan fingerprint density at radius 1 is 1.50 bits per heavy atom. The summed E-state index contributed by atoms with van der Waals surface area (Å²) >= 11 is 0. The van der Waals surface area contributed by atoms with E-state index in [0.717, 1.165) is 0 Å². The number of hydrogen-bond acceptors (Lipinski definition) is 8. The Labute approximate surface area is 127 Å². The van der Waals surface area contributed by atoms with E-state index in [-0.39, 0.29) is 19.2 Å². The van der Waals surface area contributed by atoms with Crippen molar-refractivity contribution in [2.45, 2.75) is 20.8 Å². The Hall–Kier alpha value is -2.91. The van der Waals surface area contributed by atoms with Crippen LogP contribution in [-0.2, 0) is 4.74 Å². The first-order chi connectivity index (χ1) is 10.5. The monoisotopic (exact) mass is 313 g/mol. The van der Waals surface area contributed by atoms with Gasteiger partial charge in [0.15, 0.2) is 0 Å². The summed E-state index contributed by atoms with van der Waals surface area (Å²) in [5, 5.41) is 13.0. The molecule has 1 aromatic heterocycles. The number of nitrogen functional groups attached to an aromatic ring is 1. The van der Waals surface area contributed by atoms with Crippen molar-refractivity contribution in [2.75, 3.05) is 24.3 Å². The maximum Gasteiger partial charge on any atom is 0.412 e. The fourth-order valence-corrected chi connectivity index (χ4v) is 1.18. The summed E-state index contributed by atoms with van der Waals surface area (Å²) in [6.45, 7) is 9.19. The van der Waals surface area contributed by atoms with Gasteiger partial charge in [-0.2, -0.15) is 9.97 Å². The van der Waals surface area contributed by atoms with Gasteiger partial charge in [0.1, 0.15) is 6.61 Å². The first kappa shape index (κ1) is 19.1. The molecule has 0 radical (unpaired) electrons. The molecule has 0 aliphatic heterocycles. The molecule has 10 nitrogen and oxygen atoms in total. The van der Waals surface area contributed by atoms with Gasteiger partial charge in [-0.1, -0.05) is 26.5 Å². The van der Waals surface area contributed by atoms with Gasteiger partial charge < -0.3 is 15.2 Å². The Morgan fingerprint density at radius 2 is 2.14 bits per heavy atom.